The number of rotatable bonds is 3. The minimum atomic E-state index is 0.369. The molecule has 1 aliphatic heterocycles. The van der Waals surface area contributed by atoms with E-state index in [0.29, 0.717) is 10.9 Å². The van der Waals surface area contributed by atoms with Crippen molar-refractivity contribution in [2.75, 3.05) is 17.8 Å². The van der Waals surface area contributed by atoms with Gasteiger partial charge in [-0.2, -0.15) is 11.8 Å². The van der Waals surface area contributed by atoms with Crippen LogP contribution in [-0.4, -0.2) is 28.7 Å². The molecule has 1 nitrogen and oxygen atoms in total. The zero-order valence-corrected chi connectivity index (χ0v) is 9.15. The first kappa shape index (κ1) is 9.75. The van der Waals surface area contributed by atoms with Gasteiger partial charge in [-0.1, -0.05) is 0 Å². The second-order valence-electron chi connectivity index (χ2n) is 3.61. The quantitative estimate of drug-likeness (QED) is 0.734. The van der Waals surface area contributed by atoms with Crippen molar-refractivity contribution >= 4 is 23.5 Å². The molecule has 1 rings (SSSR count). The van der Waals surface area contributed by atoms with Crippen LogP contribution < -0.4 is 5.32 Å². The lowest BCUT2D eigenvalue weighted by Gasteiger charge is -2.18. The van der Waals surface area contributed by atoms with E-state index in [1.54, 1.807) is 0 Å². The Hall–Kier alpha value is 0.660. The second kappa shape index (κ2) is 4.06. The van der Waals surface area contributed by atoms with Gasteiger partial charge in [0.2, 0.25) is 0 Å². The fourth-order valence-corrected chi connectivity index (χ4v) is 3.22. The molecule has 1 heterocycles. The highest BCUT2D eigenvalue weighted by atomic mass is 32.2. The predicted molar refractivity (Wildman–Crippen MR) is 56.5 cm³/mol. The largest absolute Gasteiger partial charge is 0.299 e. The molecule has 0 bridgehead atoms. The summed E-state index contributed by atoms with van der Waals surface area (Å²) in [7, 11) is 0. The van der Waals surface area contributed by atoms with E-state index in [1.807, 2.05) is 11.8 Å². The lowest BCUT2D eigenvalue weighted by molar-refractivity contribution is 0.443. The van der Waals surface area contributed by atoms with E-state index in [9.17, 15) is 0 Å². The molecule has 0 saturated carbocycles. The maximum Gasteiger partial charge on any atom is 0.0545 e. The smallest absolute Gasteiger partial charge is 0.0545 e. The van der Waals surface area contributed by atoms with E-state index in [0.717, 1.165) is 0 Å². The van der Waals surface area contributed by atoms with Gasteiger partial charge in [-0.05, 0) is 32.3 Å². The van der Waals surface area contributed by atoms with E-state index in [-0.39, 0.29) is 0 Å². The highest BCUT2D eigenvalue weighted by Gasteiger charge is 2.29. The summed E-state index contributed by atoms with van der Waals surface area (Å²) in [5.74, 6) is 2.53. The average molecular weight is 191 g/mol. The van der Waals surface area contributed by atoms with Crippen LogP contribution >= 0.6 is 23.5 Å². The molecule has 11 heavy (non-hydrogen) atoms. The molecule has 1 fully saturated rings. The monoisotopic (exact) mass is 191 g/mol. The maximum absolute atomic E-state index is 3.61. The van der Waals surface area contributed by atoms with Gasteiger partial charge >= 0.3 is 0 Å². The summed E-state index contributed by atoms with van der Waals surface area (Å²) < 4.78 is 0. The summed E-state index contributed by atoms with van der Waals surface area (Å²) in [5, 5.41) is 4.32. The predicted octanol–water partition coefficient (Wildman–Crippen LogP) is 2.18. The minimum Gasteiger partial charge on any atom is -0.299 e. The molecule has 0 aliphatic carbocycles. The molecule has 1 aliphatic rings. The van der Waals surface area contributed by atoms with Crippen LogP contribution in [0.5, 0.6) is 0 Å². The Balaban J connectivity index is 2.20. The van der Waals surface area contributed by atoms with Gasteiger partial charge in [-0.15, -0.1) is 11.8 Å². The lowest BCUT2D eigenvalue weighted by atomic mass is 10.1. The van der Waals surface area contributed by atoms with Crippen LogP contribution in [0.3, 0.4) is 0 Å². The van der Waals surface area contributed by atoms with Crippen LogP contribution in [0, 0.1) is 0 Å². The molecule has 1 unspecified atom stereocenters. The first-order valence-electron chi connectivity index (χ1n) is 4.02. The molecule has 66 valence electrons. The summed E-state index contributed by atoms with van der Waals surface area (Å²) in [4.78, 5) is 0. The molecule has 0 aromatic rings. The molecular weight excluding hydrogens is 174 g/mol. The van der Waals surface area contributed by atoms with E-state index >= 15 is 0 Å². The van der Waals surface area contributed by atoms with Crippen molar-refractivity contribution in [3.05, 3.63) is 0 Å². The summed E-state index contributed by atoms with van der Waals surface area (Å²) in [6.07, 6.45) is 3.47. The van der Waals surface area contributed by atoms with E-state index in [1.165, 1.54) is 17.9 Å². The molecule has 1 N–H and O–H groups in total. The Morgan fingerprint density at radius 1 is 1.64 bits per heavy atom. The maximum atomic E-state index is 3.61. The number of hydrogen-bond acceptors (Lipinski definition) is 3. The van der Waals surface area contributed by atoms with Crippen molar-refractivity contribution in [1.29, 1.82) is 0 Å². The lowest BCUT2D eigenvalue weighted by Crippen LogP contribution is -2.38. The normalized spacial score (nSPS) is 29.2. The third-order valence-electron chi connectivity index (χ3n) is 1.78. The molecule has 1 atom stereocenters. The Kier molecular flexibility index (Phi) is 3.59. The highest BCUT2D eigenvalue weighted by molar-refractivity contribution is 8.00. The fourth-order valence-electron chi connectivity index (χ4n) is 1.21. The Morgan fingerprint density at radius 2 is 2.36 bits per heavy atom. The minimum absolute atomic E-state index is 0.369. The van der Waals surface area contributed by atoms with Crippen molar-refractivity contribution in [3.63, 3.8) is 0 Å². The zero-order chi connectivity index (χ0) is 8.32. The SMILES string of the molecule is CSCCC1NC(C)(C)CS1. The van der Waals surface area contributed by atoms with Gasteiger partial charge in [-0.3, -0.25) is 5.32 Å². The first-order valence-corrected chi connectivity index (χ1v) is 6.46. The Morgan fingerprint density at radius 3 is 2.82 bits per heavy atom. The van der Waals surface area contributed by atoms with Crippen molar-refractivity contribution in [2.45, 2.75) is 31.2 Å². The van der Waals surface area contributed by atoms with Gasteiger partial charge in [0.15, 0.2) is 0 Å². The molecule has 0 spiro atoms. The van der Waals surface area contributed by atoms with E-state index in [2.05, 4.69) is 37.2 Å². The number of nitrogens with one attached hydrogen (secondary N) is 1. The zero-order valence-electron chi connectivity index (χ0n) is 7.52. The molecular formula is C8H17NS2. The van der Waals surface area contributed by atoms with E-state index in [4.69, 9.17) is 0 Å². The molecule has 0 aromatic heterocycles. The van der Waals surface area contributed by atoms with Crippen LogP contribution in [-0.2, 0) is 0 Å². The van der Waals surface area contributed by atoms with Gasteiger partial charge in [0, 0.05) is 11.3 Å². The van der Waals surface area contributed by atoms with Crippen molar-refractivity contribution in [2.24, 2.45) is 0 Å². The second-order valence-corrected chi connectivity index (χ2v) is 5.79. The summed E-state index contributed by atoms with van der Waals surface area (Å²) in [5.41, 5.74) is 0.369. The first-order chi connectivity index (χ1) is 5.14. The average Bonchev–Trinajstić information content (AvgIpc) is 2.26. The van der Waals surface area contributed by atoms with Gasteiger partial charge in [-0.25, -0.2) is 0 Å². The van der Waals surface area contributed by atoms with Gasteiger partial charge < -0.3 is 0 Å². The van der Waals surface area contributed by atoms with Crippen molar-refractivity contribution < 1.29 is 0 Å². The van der Waals surface area contributed by atoms with Crippen LogP contribution in [0.1, 0.15) is 20.3 Å². The Bertz CT molecular complexity index is 125. The van der Waals surface area contributed by atoms with Crippen LogP contribution in [0.2, 0.25) is 0 Å². The molecule has 1 saturated heterocycles. The number of thioether (sulfide) groups is 2. The van der Waals surface area contributed by atoms with E-state index < -0.39 is 0 Å². The third kappa shape index (κ3) is 3.26. The summed E-state index contributed by atoms with van der Waals surface area (Å²) in [6.45, 7) is 4.55. The highest BCUT2D eigenvalue weighted by Crippen LogP contribution is 2.28. The van der Waals surface area contributed by atoms with Gasteiger partial charge in [0.1, 0.15) is 0 Å². The van der Waals surface area contributed by atoms with Crippen LogP contribution in [0.4, 0.5) is 0 Å². The van der Waals surface area contributed by atoms with Gasteiger partial charge in [0.25, 0.3) is 0 Å². The Labute approximate surface area is 78.1 Å². The third-order valence-corrected chi connectivity index (χ3v) is 4.07. The van der Waals surface area contributed by atoms with Crippen LogP contribution in [0.25, 0.3) is 0 Å². The molecule has 0 amide bonds. The number of hydrogen-bond donors (Lipinski definition) is 1. The fraction of sp³-hybridized carbons (Fsp3) is 1.00. The topological polar surface area (TPSA) is 12.0 Å². The molecule has 0 radical (unpaired) electrons. The van der Waals surface area contributed by atoms with Gasteiger partial charge in [0.05, 0.1) is 5.37 Å². The standard InChI is InChI=1S/C8H17NS2/c1-8(2)6-11-7(9-8)4-5-10-3/h7,9H,4-6H2,1-3H3. The van der Waals surface area contributed by atoms with Crippen molar-refractivity contribution in [3.8, 4) is 0 Å². The van der Waals surface area contributed by atoms with Crippen molar-refractivity contribution in [1.82, 2.24) is 5.32 Å². The summed E-state index contributed by atoms with van der Waals surface area (Å²) >= 11 is 4.00. The van der Waals surface area contributed by atoms with Crippen LogP contribution in [0.15, 0.2) is 0 Å². The molecule has 0 aromatic carbocycles. The summed E-state index contributed by atoms with van der Waals surface area (Å²) in [6, 6.07) is 0. The molecule has 3 heteroatoms.